The highest BCUT2D eigenvalue weighted by Gasteiger charge is 2.08. The van der Waals surface area contributed by atoms with E-state index < -0.39 is 0 Å². The summed E-state index contributed by atoms with van der Waals surface area (Å²) < 4.78 is 4.94. The highest BCUT2D eigenvalue weighted by atomic mass is 16.5. The quantitative estimate of drug-likeness (QED) is 0.749. The van der Waals surface area contributed by atoms with Gasteiger partial charge in [-0.3, -0.25) is 0 Å². The number of anilines is 2. The standard InChI is InChI=1S/C13H14N6O/c1-8-16-11(19-20-8)7-15-12-9-5-3-4-6-10(9)17-13(14-2)18-12/h3-6H,7H2,1-2H3,(H2,14,15,17,18). The number of nitrogens with one attached hydrogen (secondary N) is 2. The van der Waals surface area contributed by atoms with Gasteiger partial charge in [-0.2, -0.15) is 9.97 Å². The van der Waals surface area contributed by atoms with Gasteiger partial charge in [-0.1, -0.05) is 17.3 Å². The van der Waals surface area contributed by atoms with Crippen LogP contribution in [0.2, 0.25) is 0 Å². The van der Waals surface area contributed by atoms with Crippen LogP contribution < -0.4 is 10.6 Å². The highest BCUT2D eigenvalue weighted by molar-refractivity contribution is 5.89. The first-order valence-corrected chi connectivity index (χ1v) is 6.24. The summed E-state index contributed by atoms with van der Waals surface area (Å²) in [5, 5.41) is 11.0. The molecule has 3 rings (SSSR count). The summed E-state index contributed by atoms with van der Waals surface area (Å²) in [5.74, 6) is 2.44. The van der Waals surface area contributed by atoms with Gasteiger partial charge in [0.2, 0.25) is 11.8 Å². The van der Waals surface area contributed by atoms with Gasteiger partial charge in [0, 0.05) is 19.4 Å². The van der Waals surface area contributed by atoms with Gasteiger partial charge in [-0.25, -0.2) is 4.98 Å². The lowest BCUT2D eigenvalue weighted by molar-refractivity contribution is 0.388. The normalized spacial score (nSPS) is 10.7. The summed E-state index contributed by atoms with van der Waals surface area (Å²) in [6.45, 7) is 2.21. The van der Waals surface area contributed by atoms with Gasteiger partial charge in [-0.15, -0.1) is 0 Å². The molecule has 3 aromatic rings. The van der Waals surface area contributed by atoms with Gasteiger partial charge in [0.1, 0.15) is 5.82 Å². The zero-order valence-electron chi connectivity index (χ0n) is 11.2. The molecule has 0 aliphatic rings. The molecule has 0 fully saturated rings. The van der Waals surface area contributed by atoms with E-state index in [1.54, 1.807) is 14.0 Å². The maximum absolute atomic E-state index is 4.94. The Kier molecular flexibility index (Phi) is 3.16. The molecular weight excluding hydrogens is 256 g/mol. The molecule has 0 unspecified atom stereocenters. The van der Waals surface area contributed by atoms with Gasteiger partial charge in [-0.05, 0) is 12.1 Å². The Morgan fingerprint density at radius 2 is 2.00 bits per heavy atom. The fourth-order valence-corrected chi connectivity index (χ4v) is 1.90. The molecule has 1 aromatic carbocycles. The van der Waals surface area contributed by atoms with Gasteiger partial charge in [0.05, 0.1) is 12.1 Å². The number of aryl methyl sites for hydroxylation is 1. The Bertz CT molecular complexity index is 739. The number of nitrogens with zero attached hydrogens (tertiary/aromatic N) is 4. The van der Waals surface area contributed by atoms with Crippen LogP contribution in [0.3, 0.4) is 0 Å². The molecule has 0 saturated heterocycles. The second kappa shape index (κ2) is 5.12. The zero-order valence-corrected chi connectivity index (χ0v) is 11.2. The molecule has 0 bridgehead atoms. The minimum atomic E-state index is 0.446. The smallest absolute Gasteiger partial charge is 0.224 e. The SMILES string of the molecule is CNc1nc(NCc2noc(C)n2)c2ccccc2n1. The fourth-order valence-electron chi connectivity index (χ4n) is 1.90. The van der Waals surface area contributed by atoms with Gasteiger partial charge >= 0.3 is 0 Å². The Labute approximate surface area is 115 Å². The first-order valence-electron chi connectivity index (χ1n) is 6.24. The highest BCUT2D eigenvalue weighted by Crippen LogP contribution is 2.21. The van der Waals surface area contributed by atoms with Crippen LogP contribution in [0.25, 0.3) is 10.9 Å². The number of para-hydroxylation sites is 1. The molecule has 0 amide bonds. The number of benzene rings is 1. The van der Waals surface area contributed by atoms with Crippen molar-refractivity contribution >= 4 is 22.7 Å². The minimum Gasteiger partial charge on any atom is -0.362 e. The van der Waals surface area contributed by atoms with Crippen LogP contribution in [0.1, 0.15) is 11.7 Å². The van der Waals surface area contributed by atoms with Crippen molar-refractivity contribution in [3.63, 3.8) is 0 Å². The Hall–Kier alpha value is -2.70. The van der Waals surface area contributed by atoms with E-state index in [-0.39, 0.29) is 0 Å². The molecule has 2 heterocycles. The third-order valence-electron chi connectivity index (χ3n) is 2.81. The Morgan fingerprint density at radius 3 is 2.75 bits per heavy atom. The van der Waals surface area contributed by atoms with Crippen molar-refractivity contribution in [2.45, 2.75) is 13.5 Å². The zero-order chi connectivity index (χ0) is 13.9. The molecule has 2 N–H and O–H groups in total. The minimum absolute atomic E-state index is 0.446. The van der Waals surface area contributed by atoms with Crippen molar-refractivity contribution in [3.05, 3.63) is 36.0 Å². The number of rotatable bonds is 4. The van der Waals surface area contributed by atoms with Crippen molar-refractivity contribution in [3.8, 4) is 0 Å². The third kappa shape index (κ3) is 2.37. The molecule has 0 radical (unpaired) electrons. The van der Waals surface area contributed by atoms with E-state index in [9.17, 15) is 0 Å². The van der Waals surface area contributed by atoms with Gasteiger partial charge in [0.15, 0.2) is 5.82 Å². The lowest BCUT2D eigenvalue weighted by Gasteiger charge is -2.09. The van der Waals surface area contributed by atoms with Gasteiger partial charge < -0.3 is 15.2 Å². The summed E-state index contributed by atoms with van der Waals surface area (Å²) in [6, 6.07) is 7.82. The first kappa shape index (κ1) is 12.3. The molecule has 7 heteroatoms. The average Bonchev–Trinajstić information content (AvgIpc) is 2.90. The van der Waals surface area contributed by atoms with E-state index in [1.807, 2.05) is 24.3 Å². The number of aromatic nitrogens is 4. The van der Waals surface area contributed by atoms with E-state index in [0.29, 0.717) is 24.2 Å². The van der Waals surface area contributed by atoms with Crippen LogP contribution in [-0.4, -0.2) is 27.2 Å². The average molecular weight is 270 g/mol. The molecule has 2 aromatic heterocycles. The first-order chi connectivity index (χ1) is 9.76. The van der Waals surface area contributed by atoms with E-state index in [0.717, 1.165) is 16.7 Å². The third-order valence-corrected chi connectivity index (χ3v) is 2.81. The van der Waals surface area contributed by atoms with Crippen LogP contribution in [0.15, 0.2) is 28.8 Å². The number of hydrogen-bond donors (Lipinski definition) is 2. The largest absolute Gasteiger partial charge is 0.362 e. The second-order valence-electron chi connectivity index (χ2n) is 4.25. The van der Waals surface area contributed by atoms with Crippen molar-refractivity contribution in [2.24, 2.45) is 0 Å². The van der Waals surface area contributed by atoms with Crippen LogP contribution in [0, 0.1) is 6.92 Å². The maximum Gasteiger partial charge on any atom is 0.224 e. The maximum atomic E-state index is 4.94. The molecule has 0 aliphatic heterocycles. The molecule has 0 aliphatic carbocycles. The lowest BCUT2D eigenvalue weighted by atomic mass is 10.2. The molecule has 7 nitrogen and oxygen atoms in total. The van der Waals surface area contributed by atoms with Crippen LogP contribution in [0.5, 0.6) is 0 Å². The molecule has 102 valence electrons. The Morgan fingerprint density at radius 1 is 1.15 bits per heavy atom. The predicted molar refractivity (Wildman–Crippen MR) is 75.4 cm³/mol. The van der Waals surface area contributed by atoms with E-state index in [2.05, 4.69) is 30.7 Å². The fraction of sp³-hybridized carbons (Fsp3) is 0.231. The van der Waals surface area contributed by atoms with Crippen molar-refractivity contribution in [1.82, 2.24) is 20.1 Å². The van der Waals surface area contributed by atoms with E-state index >= 15 is 0 Å². The number of fused-ring (bicyclic) bond motifs is 1. The van der Waals surface area contributed by atoms with Gasteiger partial charge in [0.25, 0.3) is 0 Å². The Balaban J connectivity index is 1.93. The molecular formula is C13H14N6O. The van der Waals surface area contributed by atoms with Crippen molar-refractivity contribution in [1.29, 1.82) is 0 Å². The van der Waals surface area contributed by atoms with Crippen LogP contribution in [-0.2, 0) is 6.54 Å². The number of hydrogen-bond acceptors (Lipinski definition) is 7. The van der Waals surface area contributed by atoms with Crippen LogP contribution >= 0.6 is 0 Å². The summed E-state index contributed by atoms with van der Waals surface area (Å²) in [7, 11) is 1.79. The van der Waals surface area contributed by atoms with Crippen LogP contribution in [0.4, 0.5) is 11.8 Å². The summed E-state index contributed by atoms with van der Waals surface area (Å²) in [6.07, 6.45) is 0. The van der Waals surface area contributed by atoms with Crippen molar-refractivity contribution in [2.75, 3.05) is 17.7 Å². The lowest BCUT2D eigenvalue weighted by Crippen LogP contribution is -2.06. The summed E-state index contributed by atoms with van der Waals surface area (Å²) >= 11 is 0. The van der Waals surface area contributed by atoms with E-state index in [4.69, 9.17) is 4.52 Å². The summed E-state index contributed by atoms with van der Waals surface area (Å²) in [4.78, 5) is 13.0. The van der Waals surface area contributed by atoms with Crippen molar-refractivity contribution < 1.29 is 4.52 Å². The summed E-state index contributed by atoms with van der Waals surface area (Å²) in [5.41, 5.74) is 0.874. The molecule has 20 heavy (non-hydrogen) atoms. The molecule has 0 spiro atoms. The topological polar surface area (TPSA) is 88.8 Å². The molecule has 0 atom stereocenters. The second-order valence-corrected chi connectivity index (χ2v) is 4.25. The molecule has 0 saturated carbocycles. The monoisotopic (exact) mass is 270 g/mol. The van der Waals surface area contributed by atoms with E-state index in [1.165, 1.54) is 0 Å². The predicted octanol–water partition coefficient (Wildman–Crippen LogP) is 1.98.